The number of dihydropyridines is 1. The molecule has 0 saturated heterocycles. The summed E-state index contributed by atoms with van der Waals surface area (Å²) >= 11 is 0. The summed E-state index contributed by atoms with van der Waals surface area (Å²) in [5.74, 6) is 7.02. The minimum atomic E-state index is -0.770. The van der Waals surface area contributed by atoms with Gasteiger partial charge < -0.3 is 15.9 Å². The van der Waals surface area contributed by atoms with Crippen molar-refractivity contribution < 1.29 is 4.74 Å². The molecule has 1 atom stereocenters. The summed E-state index contributed by atoms with van der Waals surface area (Å²) in [6.07, 6.45) is 5.18. The van der Waals surface area contributed by atoms with Gasteiger partial charge in [0.05, 0.1) is 18.3 Å². The van der Waals surface area contributed by atoms with Crippen LogP contribution in [0.1, 0.15) is 11.1 Å². The molecule has 0 spiro atoms. The van der Waals surface area contributed by atoms with Crippen LogP contribution in [0.5, 0.6) is 5.75 Å². The number of hydrogen-bond acceptors (Lipinski definition) is 8. The number of hydrogen-bond donors (Lipinski definition) is 3. The molecule has 0 amide bonds. The largest absolute Gasteiger partial charge is 0.458 e. The molecule has 11 heteroatoms. The quantitative estimate of drug-likeness (QED) is 0.355. The van der Waals surface area contributed by atoms with Crippen molar-refractivity contribution in [3.05, 3.63) is 115 Å². The van der Waals surface area contributed by atoms with Crippen molar-refractivity contribution >= 4 is 5.69 Å². The van der Waals surface area contributed by atoms with E-state index in [4.69, 9.17) is 10.6 Å². The molecule has 0 saturated carbocycles. The third-order valence-electron chi connectivity index (χ3n) is 5.09. The van der Waals surface area contributed by atoms with Crippen molar-refractivity contribution in [1.82, 2.24) is 19.5 Å². The van der Waals surface area contributed by atoms with Gasteiger partial charge in [0.15, 0.2) is 0 Å². The van der Waals surface area contributed by atoms with E-state index in [1.165, 1.54) is 4.57 Å². The summed E-state index contributed by atoms with van der Waals surface area (Å²) in [5, 5.41) is 5.89. The van der Waals surface area contributed by atoms with E-state index in [1.807, 2.05) is 31.2 Å². The molecule has 11 nitrogen and oxygen atoms in total. The second kappa shape index (κ2) is 9.86. The van der Waals surface area contributed by atoms with Gasteiger partial charge in [-0.05, 0) is 48.9 Å². The zero-order valence-corrected chi connectivity index (χ0v) is 18.3. The SMILES string of the molecule is Cc1ccc(Cn2c(=O)[nH]c(=O)n(N)/c2=N\c2ccc(OC3=CC(CN=O)NC=C3)cc2)cc1. The fourth-order valence-electron chi connectivity index (χ4n) is 3.31. The van der Waals surface area contributed by atoms with E-state index in [0.717, 1.165) is 15.8 Å². The molecular weight excluding hydrogens is 438 g/mol. The van der Waals surface area contributed by atoms with Gasteiger partial charge in [0, 0.05) is 6.20 Å². The average molecular weight is 461 g/mol. The van der Waals surface area contributed by atoms with E-state index in [1.54, 1.807) is 42.6 Å². The third-order valence-corrected chi connectivity index (χ3v) is 5.09. The highest BCUT2D eigenvalue weighted by Gasteiger charge is 2.11. The predicted molar refractivity (Wildman–Crippen MR) is 127 cm³/mol. The lowest BCUT2D eigenvalue weighted by molar-refractivity contribution is 0.433. The summed E-state index contributed by atoms with van der Waals surface area (Å²) in [7, 11) is 0. The van der Waals surface area contributed by atoms with Crippen LogP contribution in [0, 0.1) is 11.8 Å². The second-order valence-electron chi connectivity index (χ2n) is 7.67. The molecule has 1 aliphatic heterocycles. The number of rotatable bonds is 7. The van der Waals surface area contributed by atoms with Gasteiger partial charge in [-0.3, -0.25) is 9.55 Å². The van der Waals surface area contributed by atoms with Crippen LogP contribution in [0.15, 0.2) is 92.4 Å². The molecule has 174 valence electrons. The van der Waals surface area contributed by atoms with Crippen molar-refractivity contribution in [3.8, 4) is 5.75 Å². The lowest BCUT2D eigenvalue weighted by atomic mass is 10.1. The zero-order valence-electron chi connectivity index (χ0n) is 18.3. The Kier molecular flexibility index (Phi) is 6.53. The first kappa shape index (κ1) is 22.5. The van der Waals surface area contributed by atoms with Gasteiger partial charge in [0.1, 0.15) is 18.1 Å². The Hall–Kier alpha value is -4.67. The van der Waals surface area contributed by atoms with Crippen molar-refractivity contribution in [2.45, 2.75) is 19.5 Å². The first-order valence-electron chi connectivity index (χ1n) is 10.5. The normalized spacial score (nSPS) is 15.5. The molecule has 4 N–H and O–H groups in total. The summed E-state index contributed by atoms with van der Waals surface area (Å²) in [4.78, 5) is 41.8. The van der Waals surface area contributed by atoms with E-state index < -0.39 is 11.4 Å². The highest BCUT2D eigenvalue weighted by atomic mass is 16.5. The maximum atomic E-state index is 12.5. The number of nitroso groups, excluding NO2 is 1. The lowest BCUT2D eigenvalue weighted by Crippen LogP contribution is -2.53. The number of aryl methyl sites for hydroxylation is 1. The number of allylic oxidation sites excluding steroid dienone is 1. The average Bonchev–Trinajstić information content (AvgIpc) is 2.82. The van der Waals surface area contributed by atoms with Gasteiger partial charge >= 0.3 is 11.4 Å². The highest BCUT2D eigenvalue weighted by molar-refractivity contribution is 5.42. The Bertz CT molecular complexity index is 1430. The highest BCUT2D eigenvalue weighted by Crippen LogP contribution is 2.20. The topological polar surface area (TPSA) is 149 Å². The van der Waals surface area contributed by atoms with E-state index >= 15 is 0 Å². The van der Waals surface area contributed by atoms with Gasteiger partial charge in [-0.15, -0.1) is 0 Å². The number of aromatic amines is 1. The Morgan fingerprint density at radius 1 is 1.06 bits per heavy atom. The molecule has 1 aromatic heterocycles. The Morgan fingerprint density at radius 2 is 1.79 bits per heavy atom. The smallest absolute Gasteiger partial charge is 0.351 e. The molecule has 4 rings (SSSR count). The van der Waals surface area contributed by atoms with Gasteiger partial charge in [-0.2, -0.15) is 9.58 Å². The third kappa shape index (κ3) is 5.21. The monoisotopic (exact) mass is 461 g/mol. The van der Waals surface area contributed by atoms with Crippen molar-refractivity contribution in [3.63, 3.8) is 0 Å². The minimum Gasteiger partial charge on any atom is -0.458 e. The number of benzene rings is 2. The summed E-state index contributed by atoms with van der Waals surface area (Å²) in [6.45, 7) is 2.24. The molecule has 2 aromatic carbocycles. The molecule has 0 fully saturated rings. The molecule has 34 heavy (non-hydrogen) atoms. The van der Waals surface area contributed by atoms with Crippen LogP contribution < -0.4 is 32.9 Å². The first-order valence-corrected chi connectivity index (χ1v) is 10.5. The standard InChI is InChI=1S/C23H23N7O4/c1-15-2-4-16(5-3-15)14-29-21(30(24)23(32)28-22(29)31)27-17-6-8-19(9-7-17)34-20-10-11-25-18(12-20)13-26-33/h2-12,18,25H,13-14,24H2,1H3,(H,28,31,32)/b27-21-. The van der Waals surface area contributed by atoms with Crippen molar-refractivity contribution in [1.29, 1.82) is 0 Å². The van der Waals surface area contributed by atoms with Gasteiger partial charge in [0.2, 0.25) is 5.62 Å². The fraction of sp³-hybridized carbons (Fsp3) is 0.174. The van der Waals surface area contributed by atoms with Gasteiger partial charge in [0.25, 0.3) is 0 Å². The number of aromatic nitrogens is 3. The van der Waals surface area contributed by atoms with Crippen LogP contribution in [0.25, 0.3) is 0 Å². The number of ether oxygens (including phenoxy) is 1. The molecule has 1 unspecified atom stereocenters. The summed E-state index contributed by atoms with van der Waals surface area (Å²) < 4.78 is 7.91. The first-order chi connectivity index (χ1) is 16.4. The number of nitrogens with two attached hydrogens (primary N) is 1. The molecule has 0 aliphatic carbocycles. The molecular formula is C23H23N7O4. The summed E-state index contributed by atoms with van der Waals surface area (Å²) in [6, 6.07) is 14.2. The Labute approximate surface area is 193 Å². The van der Waals surface area contributed by atoms with Crippen LogP contribution in [-0.2, 0) is 6.54 Å². The van der Waals surface area contributed by atoms with E-state index in [9.17, 15) is 14.5 Å². The molecule has 3 aromatic rings. The Morgan fingerprint density at radius 3 is 2.50 bits per heavy atom. The van der Waals surface area contributed by atoms with Crippen LogP contribution in [0.3, 0.4) is 0 Å². The molecule has 0 radical (unpaired) electrons. The number of nitrogens with one attached hydrogen (secondary N) is 2. The minimum absolute atomic E-state index is 0.00352. The fourth-order valence-corrected chi connectivity index (χ4v) is 3.31. The van der Waals surface area contributed by atoms with Crippen molar-refractivity contribution in [2.75, 3.05) is 12.4 Å². The summed E-state index contributed by atoms with van der Waals surface area (Å²) in [5.41, 5.74) is 1.02. The second-order valence-corrected chi connectivity index (χ2v) is 7.67. The maximum absolute atomic E-state index is 12.5. The maximum Gasteiger partial charge on any atom is 0.351 e. The van der Waals surface area contributed by atoms with Crippen molar-refractivity contribution in [2.24, 2.45) is 10.2 Å². The van der Waals surface area contributed by atoms with E-state index in [-0.39, 0.29) is 24.7 Å². The van der Waals surface area contributed by atoms with Crippen LogP contribution in [0.4, 0.5) is 5.69 Å². The van der Waals surface area contributed by atoms with Crippen LogP contribution in [-0.4, -0.2) is 26.8 Å². The predicted octanol–water partition coefficient (Wildman–Crippen LogP) is 1.16. The lowest BCUT2D eigenvalue weighted by Gasteiger charge is -2.16. The van der Waals surface area contributed by atoms with Crippen LogP contribution in [0.2, 0.25) is 0 Å². The van der Waals surface area contributed by atoms with E-state index in [2.05, 4.69) is 20.5 Å². The number of nitrogens with zero attached hydrogens (tertiary/aromatic N) is 4. The Balaban J connectivity index is 1.64. The van der Waals surface area contributed by atoms with Gasteiger partial charge in [-0.1, -0.05) is 35.0 Å². The van der Waals surface area contributed by atoms with Crippen LogP contribution >= 0.6 is 0 Å². The zero-order chi connectivity index (χ0) is 24.1. The number of H-pyrrole nitrogens is 1. The molecule has 2 heterocycles. The number of nitrogen functional groups attached to an aromatic ring is 1. The molecule has 1 aliphatic rings. The van der Waals surface area contributed by atoms with E-state index in [0.29, 0.717) is 17.2 Å². The van der Waals surface area contributed by atoms with Gasteiger partial charge in [-0.25, -0.2) is 14.6 Å². The molecule has 0 bridgehead atoms.